The summed E-state index contributed by atoms with van der Waals surface area (Å²) in [6.45, 7) is 3.47. The normalized spacial score (nSPS) is 9.33. The Kier molecular flexibility index (Phi) is 6.11. The minimum Gasteiger partial charge on any atom is -0.735 e. The first-order valence-electron chi connectivity index (χ1n) is 1.86. The van der Waals surface area contributed by atoms with Crippen LogP contribution < -0.4 is 0 Å². The molecule has 0 atom stereocenters. The zero-order valence-electron chi connectivity index (χ0n) is 5.17. The van der Waals surface area contributed by atoms with Crippen LogP contribution in [0.15, 0.2) is 0 Å². The average molecular weight is 174 g/mol. The van der Waals surface area contributed by atoms with Crippen LogP contribution >= 0.6 is 10.7 Å². The number of halogens is 1. The summed E-state index contributed by atoms with van der Waals surface area (Å²) in [5.74, 6) is 0. The average Bonchev–Trinajstić information content (AvgIpc) is 1.19. The Balaban J connectivity index is 0. The Morgan fingerprint density at radius 2 is 1.56 bits per heavy atom. The Morgan fingerprint density at radius 1 is 1.56 bits per heavy atom. The molecule has 9 heavy (non-hydrogen) atoms. The Morgan fingerprint density at radius 3 is 1.56 bits per heavy atom. The van der Waals surface area contributed by atoms with Crippen LogP contribution in [0, 0.1) is 0 Å². The van der Waals surface area contributed by atoms with Crippen molar-refractivity contribution in [1.29, 1.82) is 0 Å². The van der Waals surface area contributed by atoms with E-state index < -0.39 is 9.33 Å². The number of nitrogens with zero attached hydrogens (tertiary/aromatic N) is 1. The molecule has 0 spiro atoms. The maximum Gasteiger partial charge on any atom is 0.181 e. The van der Waals surface area contributed by atoms with Crippen LogP contribution in [0.25, 0.3) is 0 Å². The van der Waals surface area contributed by atoms with E-state index >= 15 is 0 Å². The predicted molar refractivity (Wildman–Crippen MR) is 34.8 cm³/mol. The first-order valence-corrected chi connectivity index (χ1v) is 4.10. The van der Waals surface area contributed by atoms with Crippen molar-refractivity contribution in [3.05, 3.63) is 0 Å². The highest BCUT2D eigenvalue weighted by molar-refractivity contribution is 8.09. The standard InChI is InChI=1S/C3H8N.ClHO3S/c1-4(2)3;1-5(2,3)4/h1H2,2-3H3;(H,2,3,4)/q+1;/p-1. The van der Waals surface area contributed by atoms with Gasteiger partial charge in [-0.3, -0.25) is 0 Å². The van der Waals surface area contributed by atoms with Crippen molar-refractivity contribution in [3.63, 3.8) is 0 Å². The topological polar surface area (TPSA) is 60.2 Å². The van der Waals surface area contributed by atoms with Crippen molar-refractivity contribution in [3.8, 4) is 0 Å². The zero-order chi connectivity index (χ0) is 8.08. The largest absolute Gasteiger partial charge is 0.735 e. The maximum absolute atomic E-state index is 8.84. The van der Waals surface area contributed by atoms with E-state index in [0.717, 1.165) is 0 Å². The monoisotopic (exact) mass is 173 g/mol. The molecule has 0 aromatic heterocycles. The highest BCUT2D eigenvalue weighted by Crippen LogP contribution is 1.82. The molecular formula is C3H8ClNO3S. The van der Waals surface area contributed by atoms with Crippen LogP contribution in [0.2, 0.25) is 0 Å². The lowest BCUT2D eigenvalue weighted by Crippen LogP contribution is -1.86. The molecule has 0 N–H and O–H groups in total. The van der Waals surface area contributed by atoms with Crippen molar-refractivity contribution in [1.82, 2.24) is 0 Å². The fourth-order valence-electron chi connectivity index (χ4n) is 0. The van der Waals surface area contributed by atoms with Crippen LogP contribution in [-0.2, 0) is 9.33 Å². The van der Waals surface area contributed by atoms with Gasteiger partial charge in [-0.1, -0.05) is 0 Å². The number of rotatable bonds is 0. The van der Waals surface area contributed by atoms with Gasteiger partial charge in [-0.15, -0.1) is 0 Å². The summed E-state index contributed by atoms with van der Waals surface area (Å²) in [4.78, 5) is 0. The molecule has 0 heterocycles. The lowest BCUT2D eigenvalue weighted by Gasteiger charge is -1.86. The van der Waals surface area contributed by atoms with Gasteiger partial charge in [-0.25, -0.2) is 13.0 Å². The number of hydrogen-bond acceptors (Lipinski definition) is 3. The second kappa shape index (κ2) is 4.72. The van der Waals surface area contributed by atoms with Gasteiger partial charge in [0.1, 0.15) is 20.8 Å². The fraction of sp³-hybridized carbons (Fsp3) is 0.667. The van der Waals surface area contributed by atoms with Gasteiger partial charge in [0.2, 0.25) is 0 Å². The molecule has 0 saturated carbocycles. The van der Waals surface area contributed by atoms with E-state index in [2.05, 4.69) is 17.4 Å². The van der Waals surface area contributed by atoms with Crippen LogP contribution in [0.1, 0.15) is 0 Å². The van der Waals surface area contributed by atoms with Gasteiger partial charge in [0.15, 0.2) is 9.33 Å². The van der Waals surface area contributed by atoms with Crippen molar-refractivity contribution in [2.75, 3.05) is 14.1 Å². The summed E-state index contributed by atoms with van der Waals surface area (Å²) in [7, 11) is 3.28. The molecule has 0 unspecified atom stereocenters. The molecule has 0 aliphatic carbocycles. The Labute approximate surface area is 59.0 Å². The van der Waals surface area contributed by atoms with Gasteiger partial charge < -0.3 is 4.55 Å². The molecule has 0 aromatic rings. The Bertz CT molecular complexity index is 161. The summed E-state index contributed by atoms with van der Waals surface area (Å²) in [6.07, 6.45) is 0. The first kappa shape index (κ1) is 11.6. The second-order valence-electron chi connectivity index (χ2n) is 1.47. The van der Waals surface area contributed by atoms with Gasteiger partial charge in [0.05, 0.1) is 0 Å². The predicted octanol–water partition coefficient (Wildman–Crippen LogP) is -0.355. The van der Waals surface area contributed by atoms with E-state index in [4.69, 9.17) is 13.0 Å². The molecule has 0 fully saturated rings. The third kappa shape index (κ3) is 16000. The van der Waals surface area contributed by atoms with Crippen molar-refractivity contribution < 1.29 is 17.5 Å². The van der Waals surface area contributed by atoms with E-state index in [1.807, 2.05) is 14.1 Å². The molecule has 0 saturated heterocycles. The second-order valence-corrected chi connectivity index (χ2v) is 3.39. The van der Waals surface area contributed by atoms with Crippen molar-refractivity contribution in [2.45, 2.75) is 0 Å². The molecule has 0 bridgehead atoms. The van der Waals surface area contributed by atoms with E-state index in [1.165, 1.54) is 0 Å². The molecule has 0 amide bonds. The molecule has 0 radical (unpaired) electrons. The minimum absolute atomic E-state index is 1.75. The summed E-state index contributed by atoms with van der Waals surface area (Å²) >= 11 is 0. The van der Waals surface area contributed by atoms with Gasteiger partial charge in [0.25, 0.3) is 0 Å². The van der Waals surface area contributed by atoms with Gasteiger partial charge >= 0.3 is 0 Å². The molecule has 56 valence electrons. The fourth-order valence-corrected chi connectivity index (χ4v) is 0. The molecule has 0 rings (SSSR count). The first-order chi connectivity index (χ1) is 3.73. The highest BCUT2D eigenvalue weighted by atomic mass is 35.7. The van der Waals surface area contributed by atoms with Crippen LogP contribution in [0.4, 0.5) is 0 Å². The van der Waals surface area contributed by atoms with Crippen LogP contribution in [0.5, 0.6) is 0 Å². The third-order valence-electron chi connectivity index (χ3n) is 0. The van der Waals surface area contributed by atoms with Gasteiger partial charge in [-0.05, 0) is 0 Å². The lowest BCUT2D eigenvalue weighted by atomic mass is 11.1. The SMILES string of the molecule is C=[N+](C)C.O=S(=O)([O-])Cl. The van der Waals surface area contributed by atoms with E-state index in [1.54, 1.807) is 4.58 Å². The van der Waals surface area contributed by atoms with Crippen molar-refractivity contribution >= 4 is 26.7 Å². The molecule has 0 aliphatic heterocycles. The summed E-state index contributed by atoms with van der Waals surface area (Å²) < 4.78 is 28.3. The smallest absolute Gasteiger partial charge is 0.181 e. The molecule has 0 aliphatic rings. The molecule has 4 nitrogen and oxygen atoms in total. The van der Waals surface area contributed by atoms with E-state index in [0.29, 0.717) is 0 Å². The quantitative estimate of drug-likeness (QED) is 0.218. The molecule has 0 aromatic carbocycles. The van der Waals surface area contributed by atoms with Crippen LogP contribution in [-0.4, -0.2) is 38.4 Å². The summed E-state index contributed by atoms with van der Waals surface area (Å²) in [5, 5.41) is 0. The molecular weight excluding hydrogens is 166 g/mol. The third-order valence-corrected chi connectivity index (χ3v) is 0. The van der Waals surface area contributed by atoms with Crippen molar-refractivity contribution in [2.24, 2.45) is 0 Å². The zero-order valence-corrected chi connectivity index (χ0v) is 6.74. The highest BCUT2D eigenvalue weighted by Gasteiger charge is 1.70. The van der Waals surface area contributed by atoms with Gasteiger partial charge in [-0.2, -0.15) is 0 Å². The molecule has 6 heteroatoms. The number of hydrogen-bond donors (Lipinski definition) is 0. The van der Waals surface area contributed by atoms with Crippen LogP contribution in [0.3, 0.4) is 0 Å². The van der Waals surface area contributed by atoms with E-state index in [9.17, 15) is 0 Å². The minimum atomic E-state index is -4.44. The summed E-state index contributed by atoms with van der Waals surface area (Å²) in [6, 6.07) is 0. The van der Waals surface area contributed by atoms with Gasteiger partial charge in [0, 0.05) is 10.7 Å². The lowest BCUT2D eigenvalue weighted by molar-refractivity contribution is -0.454. The Hall–Kier alpha value is -0.130. The van der Waals surface area contributed by atoms with E-state index in [-0.39, 0.29) is 0 Å². The maximum atomic E-state index is 8.84. The summed E-state index contributed by atoms with van der Waals surface area (Å²) in [5.41, 5.74) is 0.